The van der Waals surface area contributed by atoms with Gasteiger partial charge in [0.25, 0.3) is 5.91 Å². The smallest absolute Gasteiger partial charge is 0.420 e. The minimum Gasteiger partial charge on any atom is -0.479 e. The number of carboxylic acids is 1. The number of aromatic nitrogens is 1. The molecule has 0 spiro atoms. The predicted molar refractivity (Wildman–Crippen MR) is 156 cm³/mol. The number of benzene rings is 3. The lowest BCUT2D eigenvalue weighted by Crippen LogP contribution is -2.26. The zero-order chi connectivity index (χ0) is 30.9. The summed E-state index contributed by atoms with van der Waals surface area (Å²) in [5.41, 5.74) is 3.84. The number of ether oxygens (including phenoxy) is 1. The molecule has 42 heavy (non-hydrogen) atoms. The second-order valence-electron chi connectivity index (χ2n) is 10.9. The number of nitrogens with one attached hydrogen (secondary N) is 1. The van der Waals surface area contributed by atoms with Crippen LogP contribution in [0, 0.1) is 13.8 Å². The second-order valence-corrected chi connectivity index (χ2v) is 10.9. The standard InChI is InChI=1S/C33H35F3N2O4/c1-18(2)23-9-7-10-24(15-23)20(4)37-31(39)25-13-14-28-27(16-25)19(3)21(5)38(28)17-26-11-8-12-29(30(26)33(34,35)36)42-22(6)32(40)41/h7-16,18,20,22H,17H2,1-6H3,(H,37,39)(H,40,41). The highest BCUT2D eigenvalue weighted by molar-refractivity contribution is 5.99. The normalized spacial score (nSPS) is 13.3. The molecule has 0 bridgehead atoms. The summed E-state index contributed by atoms with van der Waals surface area (Å²) in [6.45, 7) is 10.9. The maximum Gasteiger partial charge on any atom is 0.420 e. The van der Waals surface area contributed by atoms with Crippen molar-refractivity contribution in [2.45, 2.75) is 72.3 Å². The molecule has 2 atom stereocenters. The fourth-order valence-electron chi connectivity index (χ4n) is 5.09. The molecule has 0 aliphatic rings. The Morgan fingerprint density at radius 2 is 1.62 bits per heavy atom. The average Bonchev–Trinajstić information content (AvgIpc) is 3.16. The Balaban J connectivity index is 1.66. The number of hydrogen-bond donors (Lipinski definition) is 2. The summed E-state index contributed by atoms with van der Waals surface area (Å²) in [6.07, 6.45) is -6.23. The topological polar surface area (TPSA) is 80.6 Å². The van der Waals surface area contributed by atoms with Gasteiger partial charge < -0.3 is 19.7 Å². The van der Waals surface area contributed by atoms with Crippen LogP contribution in [0.2, 0.25) is 0 Å². The second kappa shape index (κ2) is 11.9. The van der Waals surface area contributed by atoms with E-state index in [0.717, 1.165) is 28.3 Å². The highest BCUT2D eigenvalue weighted by Crippen LogP contribution is 2.40. The average molecular weight is 581 g/mol. The van der Waals surface area contributed by atoms with Gasteiger partial charge in [-0.3, -0.25) is 4.79 Å². The molecule has 222 valence electrons. The van der Waals surface area contributed by atoms with E-state index in [1.807, 2.05) is 32.9 Å². The number of rotatable bonds is 9. The summed E-state index contributed by atoms with van der Waals surface area (Å²) in [5, 5.41) is 13.0. The van der Waals surface area contributed by atoms with Crippen molar-refractivity contribution in [1.29, 1.82) is 0 Å². The van der Waals surface area contributed by atoms with Gasteiger partial charge >= 0.3 is 12.1 Å². The molecule has 4 rings (SSSR count). The van der Waals surface area contributed by atoms with Gasteiger partial charge in [-0.1, -0.05) is 50.2 Å². The van der Waals surface area contributed by atoms with Gasteiger partial charge in [-0.2, -0.15) is 13.2 Å². The number of carboxylic acid groups (broad SMARTS) is 1. The molecule has 2 unspecified atom stereocenters. The van der Waals surface area contributed by atoms with Crippen molar-refractivity contribution in [3.63, 3.8) is 0 Å². The fraction of sp³-hybridized carbons (Fsp3) is 0.333. The number of hydrogen-bond acceptors (Lipinski definition) is 3. The molecule has 6 nitrogen and oxygen atoms in total. The third-order valence-corrected chi connectivity index (χ3v) is 7.70. The van der Waals surface area contributed by atoms with Gasteiger partial charge in [-0.15, -0.1) is 0 Å². The minimum absolute atomic E-state index is 0.0585. The largest absolute Gasteiger partial charge is 0.479 e. The zero-order valence-electron chi connectivity index (χ0n) is 24.5. The van der Waals surface area contributed by atoms with Crippen molar-refractivity contribution < 1.29 is 32.6 Å². The molecule has 0 aliphatic heterocycles. The molecule has 0 saturated heterocycles. The van der Waals surface area contributed by atoms with E-state index in [4.69, 9.17) is 9.84 Å². The third kappa shape index (κ3) is 6.30. The van der Waals surface area contributed by atoms with E-state index in [1.54, 1.807) is 22.8 Å². The number of amides is 1. The van der Waals surface area contributed by atoms with Crippen LogP contribution < -0.4 is 10.1 Å². The van der Waals surface area contributed by atoms with Crippen LogP contribution >= 0.6 is 0 Å². The predicted octanol–water partition coefficient (Wildman–Crippen LogP) is 7.79. The Hall–Kier alpha value is -4.27. The van der Waals surface area contributed by atoms with Crippen molar-refractivity contribution in [1.82, 2.24) is 9.88 Å². The maximum atomic E-state index is 14.2. The first-order valence-corrected chi connectivity index (χ1v) is 13.8. The van der Waals surface area contributed by atoms with Crippen LogP contribution in [0.25, 0.3) is 10.9 Å². The Bertz CT molecular complexity index is 1640. The number of aryl methyl sites for hydroxylation is 1. The third-order valence-electron chi connectivity index (χ3n) is 7.70. The summed E-state index contributed by atoms with van der Waals surface area (Å²) in [5.74, 6) is -1.79. The van der Waals surface area contributed by atoms with Gasteiger partial charge in [0, 0.05) is 28.7 Å². The van der Waals surface area contributed by atoms with Crippen LogP contribution in [0.1, 0.15) is 83.5 Å². The van der Waals surface area contributed by atoms with Gasteiger partial charge in [0.05, 0.1) is 6.04 Å². The Labute approximate surface area is 243 Å². The van der Waals surface area contributed by atoms with Gasteiger partial charge in [0.15, 0.2) is 6.10 Å². The molecule has 0 fully saturated rings. The first-order valence-electron chi connectivity index (χ1n) is 13.8. The van der Waals surface area contributed by atoms with Crippen LogP contribution in [-0.4, -0.2) is 27.7 Å². The molecular formula is C33H35F3N2O4. The van der Waals surface area contributed by atoms with Crippen LogP contribution in [-0.2, 0) is 17.5 Å². The Kier molecular flexibility index (Phi) is 8.71. The number of carbonyl (C=O) groups is 2. The number of fused-ring (bicyclic) bond motifs is 1. The van der Waals surface area contributed by atoms with E-state index in [0.29, 0.717) is 17.0 Å². The van der Waals surface area contributed by atoms with E-state index in [9.17, 15) is 22.8 Å². The highest BCUT2D eigenvalue weighted by atomic mass is 19.4. The lowest BCUT2D eigenvalue weighted by atomic mass is 9.98. The number of nitrogens with zero attached hydrogens (tertiary/aromatic N) is 1. The molecule has 2 N–H and O–H groups in total. The van der Waals surface area contributed by atoms with E-state index in [2.05, 4.69) is 31.3 Å². The van der Waals surface area contributed by atoms with Crippen LogP contribution in [0.4, 0.5) is 13.2 Å². The summed E-state index contributed by atoms with van der Waals surface area (Å²) in [4.78, 5) is 24.5. The quantitative estimate of drug-likeness (QED) is 0.212. The Morgan fingerprint density at radius 3 is 2.26 bits per heavy atom. The van der Waals surface area contributed by atoms with Gasteiger partial charge in [0.2, 0.25) is 0 Å². The van der Waals surface area contributed by atoms with Gasteiger partial charge in [0.1, 0.15) is 11.3 Å². The first-order chi connectivity index (χ1) is 19.7. The number of halogens is 3. The van der Waals surface area contributed by atoms with Crippen molar-refractivity contribution in [3.05, 3.63) is 99.7 Å². The van der Waals surface area contributed by atoms with Crippen LogP contribution in [0.15, 0.2) is 60.7 Å². The molecule has 9 heteroatoms. The molecule has 3 aromatic carbocycles. The molecule has 4 aromatic rings. The lowest BCUT2D eigenvalue weighted by molar-refractivity contribution is -0.147. The molecular weight excluding hydrogens is 545 g/mol. The van der Waals surface area contributed by atoms with E-state index < -0.39 is 29.6 Å². The number of carbonyl (C=O) groups excluding carboxylic acids is 1. The minimum atomic E-state index is -4.77. The summed E-state index contributed by atoms with van der Waals surface area (Å²) < 4.78 is 49.6. The molecule has 0 radical (unpaired) electrons. The first kappa shape index (κ1) is 30.7. The number of alkyl halides is 3. The van der Waals surface area contributed by atoms with E-state index in [1.165, 1.54) is 24.6 Å². The van der Waals surface area contributed by atoms with Crippen molar-refractivity contribution >= 4 is 22.8 Å². The lowest BCUT2D eigenvalue weighted by Gasteiger charge is -2.20. The SMILES string of the molecule is Cc1c(C)n(Cc2cccc(OC(C)C(=O)O)c2C(F)(F)F)c2ccc(C(=O)NC(C)c3cccc(C(C)C)c3)cc12. The molecule has 0 aliphatic carbocycles. The fourth-order valence-corrected chi connectivity index (χ4v) is 5.09. The molecule has 1 aromatic heterocycles. The zero-order valence-corrected chi connectivity index (χ0v) is 24.5. The molecule has 0 saturated carbocycles. The molecule has 1 amide bonds. The summed E-state index contributed by atoms with van der Waals surface area (Å²) in [7, 11) is 0. The molecule has 1 heterocycles. The van der Waals surface area contributed by atoms with Crippen molar-refractivity contribution in [3.8, 4) is 5.75 Å². The van der Waals surface area contributed by atoms with E-state index in [-0.39, 0.29) is 24.1 Å². The highest BCUT2D eigenvalue weighted by Gasteiger charge is 2.38. The van der Waals surface area contributed by atoms with Gasteiger partial charge in [-0.05, 0) is 80.1 Å². The van der Waals surface area contributed by atoms with Crippen LogP contribution in [0.3, 0.4) is 0 Å². The van der Waals surface area contributed by atoms with Crippen molar-refractivity contribution in [2.24, 2.45) is 0 Å². The monoisotopic (exact) mass is 580 g/mol. The summed E-state index contributed by atoms with van der Waals surface area (Å²) >= 11 is 0. The van der Waals surface area contributed by atoms with E-state index >= 15 is 0 Å². The number of aliphatic carboxylic acids is 1. The summed E-state index contributed by atoms with van der Waals surface area (Å²) in [6, 6.07) is 17.0. The van der Waals surface area contributed by atoms with Crippen molar-refractivity contribution in [2.75, 3.05) is 0 Å². The van der Waals surface area contributed by atoms with Crippen LogP contribution in [0.5, 0.6) is 5.75 Å². The maximum absolute atomic E-state index is 14.2. The van der Waals surface area contributed by atoms with Gasteiger partial charge in [-0.25, -0.2) is 4.79 Å². The Morgan fingerprint density at radius 1 is 0.952 bits per heavy atom.